The van der Waals surface area contributed by atoms with Gasteiger partial charge in [0.05, 0.1) is 5.57 Å². The summed E-state index contributed by atoms with van der Waals surface area (Å²) in [4.78, 5) is 26.3. The number of hydrogen-bond donors (Lipinski definition) is 1. The average Bonchev–Trinajstić information content (AvgIpc) is 3.10. The van der Waals surface area contributed by atoms with Crippen LogP contribution in [-0.2, 0) is 14.3 Å². The van der Waals surface area contributed by atoms with Crippen molar-refractivity contribution in [1.29, 1.82) is 0 Å². The van der Waals surface area contributed by atoms with Gasteiger partial charge in [-0.3, -0.25) is 4.79 Å². The maximum atomic E-state index is 13.3. The van der Waals surface area contributed by atoms with Crippen LogP contribution in [0.4, 0.5) is 0 Å². The fourth-order valence-corrected chi connectivity index (χ4v) is 4.65. The Hall–Kier alpha value is -2.73. The molecule has 0 radical (unpaired) electrons. The van der Waals surface area contributed by atoms with E-state index in [0.717, 1.165) is 5.70 Å². The van der Waals surface area contributed by atoms with Gasteiger partial charge in [0.25, 0.3) is 0 Å². The number of carbonyl (C=O) groups is 2. The molecule has 2 heterocycles. The van der Waals surface area contributed by atoms with E-state index in [1.807, 2.05) is 6.92 Å². The molecule has 0 bridgehead atoms. The van der Waals surface area contributed by atoms with Gasteiger partial charge in [-0.05, 0) is 30.4 Å². The molecule has 0 unspecified atom stereocenters. The maximum Gasteiger partial charge on any atom is 0.337 e. The summed E-state index contributed by atoms with van der Waals surface area (Å²) in [7, 11) is 0. The molecule has 6 nitrogen and oxygen atoms in total. The summed E-state index contributed by atoms with van der Waals surface area (Å²) in [6.07, 6.45) is 2.59. The van der Waals surface area contributed by atoms with Gasteiger partial charge < -0.3 is 19.5 Å². The number of allylic oxidation sites excluding steroid dienone is 3. The van der Waals surface area contributed by atoms with Gasteiger partial charge in [0.1, 0.15) is 6.61 Å². The molecule has 0 amide bonds. The van der Waals surface area contributed by atoms with Crippen LogP contribution in [0.15, 0.2) is 47.3 Å². The molecule has 1 aliphatic carbocycles. The molecule has 158 valence electrons. The number of ketones is 1. The Bertz CT molecular complexity index is 1020. The number of carbonyl (C=O) groups excluding carboxylic acids is 2. The van der Waals surface area contributed by atoms with Gasteiger partial charge >= 0.3 is 5.97 Å². The number of dihydropyridines is 1. The number of halogens is 1. The first-order chi connectivity index (χ1) is 14.2. The number of hydrogen-bond acceptors (Lipinski definition) is 6. The molecule has 0 spiro atoms. The van der Waals surface area contributed by atoms with Crippen LogP contribution in [-0.4, -0.2) is 25.2 Å². The van der Waals surface area contributed by atoms with Crippen molar-refractivity contribution in [3.63, 3.8) is 0 Å². The predicted octanol–water partition coefficient (Wildman–Crippen LogP) is 4.40. The smallest absolute Gasteiger partial charge is 0.337 e. The highest BCUT2D eigenvalue weighted by molar-refractivity contribution is 6.32. The van der Waals surface area contributed by atoms with E-state index < -0.39 is 11.9 Å². The third-order valence-electron chi connectivity index (χ3n) is 5.59. The van der Waals surface area contributed by atoms with Gasteiger partial charge in [0.2, 0.25) is 6.79 Å². The van der Waals surface area contributed by atoms with Crippen LogP contribution in [0.5, 0.6) is 11.5 Å². The number of ether oxygens (including phenoxy) is 3. The molecule has 1 atom stereocenters. The molecule has 0 saturated heterocycles. The van der Waals surface area contributed by atoms with Crippen LogP contribution in [0, 0.1) is 5.41 Å². The van der Waals surface area contributed by atoms with Crippen LogP contribution >= 0.6 is 11.6 Å². The lowest BCUT2D eigenvalue weighted by Crippen LogP contribution is -2.38. The summed E-state index contributed by atoms with van der Waals surface area (Å²) < 4.78 is 16.3. The molecule has 4 rings (SSSR count). The van der Waals surface area contributed by atoms with E-state index in [1.165, 1.54) is 6.08 Å². The maximum absolute atomic E-state index is 13.3. The molecule has 1 aromatic rings. The molecule has 3 aliphatic rings. The van der Waals surface area contributed by atoms with Crippen molar-refractivity contribution in [1.82, 2.24) is 5.32 Å². The molecule has 0 aromatic heterocycles. The number of benzene rings is 1. The largest absolute Gasteiger partial charge is 0.458 e. The van der Waals surface area contributed by atoms with Crippen LogP contribution in [0.3, 0.4) is 0 Å². The summed E-state index contributed by atoms with van der Waals surface area (Å²) >= 11 is 6.62. The van der Waals surface area contributed by atoms with E-state index >= 15 is 0 Å². The monoisotopic (exact) mass is 429 g/mol. The second-order valence-corrected chi connectivity index (χ2v) is 8.95. The topological polar surface area (TPSA) is 73.9 Å². The third kappa shape index (κ3) is 3.49. The summed E-state index contributed by atoms with van der Waals surface area (Å²) in [5.41, 5.74) is 2.84. The van der Waals surface area contributed by atoms with Crippen LogP contribution in [0.1, 0.15) is 45.1 Å². The fourth-order valence-electron chi connectivity index (χ4n) is 4.38. The predicted molar refractivity (Wildman–Crippen MR) is 112 cm³/mol. The van der Waals surface area contributed by atoms with E-state index in [1.54, 1.807) is 12.1 Å². The summed E-state index contributed by atoms with van der Waals surface area (Å²) in [6, 6.07) is 3.42. The first-order valence-electron chi connectivity index (χ1n) is 9.83. The Labute approximate surface area is 180 Å². The van der Waals surface area contributed by atoms with Gasteiger partial charge in [0, 0.05) is 40.4 Å². The molecule has 0 saturated carbocycles. The van der Waals surface area contributed by atoms with Crippen LogP contribution < -0.4 is 14.8 Å². The Morgan fingerprint density at radius 1 is 1.33 bits per heavy atom. The summed E-state index contributed by atoms with van der Waals surface area (Å²) in [5, 5.41) is 3.70. The van der Waals surface area contributed by atoms with Gasteiger partial charge in [-0.15, -0.1) is 0 Å². The highest BCUT2D eigenvalue weighted by Crippen LogP contribution is 2.50. The van der Waals surface area contributed by atoms with E-state index in [4.69, 9.17) is 25.8 Å². The van der Waals surface area contributed by atoms with Crippen molar-refractivity contribution in [3.8, 4) is 11.5 Å². The van der Waals surface area contributed by atoms with E-state index in [-0.39, 0.29) is 24.6 Å². The van der Waals surface area contributed by atoms with Gasteiger partial charge in [-0.1, -0.05) is 38.1 Å². The highest BCUT2D eigenvalue weighted by Gasteiger charge is 2.44. The molecule has 30 heavy (non-hydrogen) atoms. The second kappa shape index (κ2) is 7.51. The first-order valence-corrected chi connectivity index (χ1v) is 10.2. The summed E-state index contributed by atoms with van der Waals surface area (Å²) in [6.45, 7) is 9.71. The van der Waals surface area contributed by atoms with Gasteiger partial charge in [-0.25, -0.2) is 4.79 Å². The zero-order chi connectivity index (χ0) is 21.6. The molecule has 7 heteroatoms. The molecule has 1 aromatic carbocycles. The number of Topliss-reactive ketones (excluding diaryl/α,β-unsaturated/α-hetero) is 1. The molecule has 1 N–H and O–H groups in total. The standard InChI is InChI=1S/C23H24ClNO5/c1-5-6-28-22(27)19-12(2)25-15-9-23(3,4)10-16(26)21(15)20(19)13-7-17-18(8-14(13)24)30-11-29-17/h5,7-8,20,25H,1,6,9-11H2,2-4H3/t20-/m0/s1. The van der Waals surface area contributed by atoms with E-state index in [9.17, 15) is 9.59 Å². The van der Waals surface area contributed by atoms with Crippen molar-refractivity contribution in [2.45, 2.75) is 39.5 Å². The molecular formula is C23H24ClNO5. The molecule has 0 fully saturated rings. The van der Waals surface area contributed by atoms with Crippen molar-refractivity contribution >= 4 is 23.4 Å². The van der Waals surface area contributed by atoms with Gasteiger partial charge in [0.15, 0.2) is 17.3 Å². The van der Waals surface area contributed by atoms with Crippen LogP contribution in [0.2, 0.25) is 5.02 Å². The van der Waals surface area contributed by atoms with E-state index in [2.05, 4.69) is 25.7 Å². The number of nitrogens with one attached hydrogen (secondary N) is 1. The average molecular weight is 430 g/mol. The molecule has 2 aliphatic heterocycles. The summed E-state index contributed by atoms with van der Waals surface area (Å²) in [5.74, 6) is -0.0874. The van der Waals surface area contributed by atoms with Crippen molar-refractivity contribution < 1.29 is 23.8 Å². The molecular weight excluding hydrogens is 406 g/mol. The zero-order valence-electron chi connectivity index (χ0n) is 17.3. The Morgan fingerprint density at radius 2 is 2.03 bits per heavy atom. The van der Waals surface area contributed by atoms with Crippen LogP contribution in [0.25, 0.3) is 0 Å². The zero-order valence-corrected chi connectivity index (χ0v) is 18.0. The van der Waals surface area contributed by atoms with Crippen molar-refractivity contribution in [2.75, 3.05) is 13.4 Å². The minimum atomic E-state index is -0.649. The quantitative estimate of drug-likeness (QED) is 0.564. The minimum absolute atomic E-state index is 0.00555. The Kier molecular flexibility index (Phi) is 5.14. The van der Waals surface area contributed by atoms with Crippen molar-refractivity contribution in [3.05, 3.63) is 57.9 Å². The SMILES string of the molecule is C=CCOC(=O)C1=C(C)NC2=C(C(=O)CC(C)(C)C2)[C@H]1c1cc2c(cc1Cl)OCO2. The second-order valence-electron chi connectivity index (χ2n) is 8.54. The lowest BCUT2D eigenvalue weighted by atomic mass is 9.68. The highest BCUT2D eigenvalue weighted by atomic mass is 35.5. The van der Waals surface area contributed by atoms with E-state index in [0.29, 0.717) is 51.8 Å². The lowest BCUT2D eigenvalue weighted by Gasteiger charge is -2.39. The minimum Gasteiger partial charge on any atom is -0.458 e. The van der Waals surface area contributed by atoms with Crippen molar-refractivity contribution in [2.24, 2.45) is 5.41 Å². The lowest BCUT2D eigenvalue weighted by molar-refractivity contribution is -0.138. The number of rotatable bonds is 4. The normalized spacial score (nSPS) is 21.9. The Balaban J connectivity index is 1.89. The first kappa shape index (κ1) is 20.5. The fraction of sp³-hybridized carbons (Fsp3) is 0.391. The number of fused-ring (bicyclic) bond motifs is 1. The number of esters is 1. The third-order valence-corrected chi connectivity index (χ3v) is 5.92. The Morgan fingerprint density at radius 3 is 2.73 bits per heavy atom. The van der Waals surface area contributed by atoms with Gasteiger partial charge in [-0.2, -0.15) is 0 Å².